The van der Waals surface area contributed by atoms with E-state index in [0.717, 1.165) is 4.57 Å². The second kappa shape index (κ2) is 4.11. The van der Waals surface area contributed by atoms with Gasteiger partial charge in [0.25, 0.3) is 5.56 Å². The number of aromatic amines is 1. The molecule has 3 N–H and O–H groups in total. The second-order valence-electron chi connectivity index (χ2n) is 3.34. The van der Waals surface area contributed by atoms with Gasteiger partial charge < -0.3 is 10.7 Å². The van der Waals surface area contributed by atoms with Crippen molar-refractivity contribution >= 4 is 22.5 Å². The van der Waals surface area contributed by atoms with Crippen LogP contribution in [0.3, 0.4) is 0 Å². The first-order valence-corrected chi connectivity index (χ1v) is 5.14. The van der Waals surface area contributed by atoms with Gasteiger partial charge in [-0.1, -0.05) is 17.7 Å². The van der Waals surface area contributed by atoms with Crippen molar-refractivity contribution in [1.29, 1.82) is 0 Å². The molecular formula is C10H10ClN3O2. The molecule has 0 atom stereocenters. The Balaban J connectivity index is 2.92. The van der Waals surface area contributed by atoms with Crippen LogP contribution in [0.2, 0.25) is 5.02 Å². The lowest BCUT2D eigenvalue weighted by molar-refractivity contribution is 0.646. The molecule has 6 heteroatoms. The first kappa shape index (κ1) is 10.9. The Morgan fingerprint density at radius 1 is 1.38 bits per heavy atom. The van der Waals surface area contributed by atoms with Gasteiger partial charge in [-0.3, -0.25) is 9.36 Å². The van der Waals surface area contributed by atoms with E-state index in [1.807, 2.05) is 0 Å². The highest BCUT2D eigenvalue weighted by molar-refractivity contribution is 6.35. The largest absolute Gasteiger partial charge is 0.329 e. The molecule has 0 aliphatic rings. The minimum Gasteiger partial charge on any atom is -0.329 e. The summed E-state index contributed by atoms with van der Waals surface area (Å²) in [7, 11) is 0. The van der Waals surface area contributed by atoms with Crippen LogP contribution in [-0.2, 0) is 6.54 Å². The molecule has 1 aromatic heterocycles. The van der Waals surface area contributed by atoms with E-state index in [0.29, 0.717) is 15.9 Å². The standard InChI is InChI=1S/C10H10ClN3O2/c11-6-2-1-3-7-8(6)9(15)14(5-4-12)10(16)13-7/h1-3H,4-5,12H2,(H,13,16). The van der Waals surface area contributed by atoms with Crippen LogP contribution in [0.15, 0.2) is 27.8 Å². The third-order valence-corrected chi connectivity index (χ3v) is 2.63. The topological polar surface area (TPSA) is 80.9 Å². The Hall–Kier alpha value is -1.59. The van der Waals surface area contributed by atoms with Crippen molar-refractivity contribution in [2.24, 2.45) is 5.73 Å². The number of hydrogen-bond acceptors (Lipinski definition) is 3. The number of aromatic nitrogens is 2. The number of rotatable bonds is 2. The van der Waals surface area contributed by atoms with E-state index in [9.17, 15) is 9.59 Å². The molecule has 0 saturated carbocycles. The summed E-state index contributed by atoms with van der Waals surface area (Å²) in [6, 6.07) is 4.92. The Bertz CT molecular complexity index is 645. The second-order valence-corrected chi connectivity index (χ2v) is 3.75. The molecule has 0 aliphatic carbocycles. The van der Waals surface area contributed by atoms with Crippen molar-refractivity contribution in [2.45, 2.75) is 6.54 Å². The normalized spacial score (nSPS) is 10.9. The molecule has 0 saturated heterocycles. The molecule has 0 amide bonds. The SMILES string of the molecule is NCCn1c(=O)[nH]c2cccc(Cl)c2c1=O. The molecule has 2 rings (SSSR count). The molecule has 0 aliphatic heterocycles. The highest BCUT2D eigenvalue weighted by Gasteiger charge is 2.09. The summed E-state index contributed by atoms with van der Waals surface area (Å²) in [5.41, 5.74) is 4.90. The average molecular weight is 240 g/mol. The summed E-state index contributed by atoms with van der Waals surface area (Å²) in [6.45, 7) is 0.397. The van der Waals surface area contributed by atoms with Crippen LogP contribution >= 0.6 is 11.6 Å². The number of nitrogens with two attached hydrogens (primary N) is 1. The van der Waals surface area contributed by atoms with Crippen LogP contribution in [0, 0.1) is 0 Å². The Kier molecular flexibility index (Phi) is 2.80. The van der Waals surface area contributed by atoms with Gasteiger partial charge in [0.05, 0.1) is 15.9 Å². The number of nitrogens with one attached hydrogen (secondary N) is 1. The number of fused-ring (bicyclic) bond motifs is 1. The highest BCUT2D eigenvalue weighted by Crippen LogP contribution is 2.16. The van der Waals surface area contributed by atoms with Gasteiger partial charge in [-0.05, 0) is 12.1 Å². The minimum atomic E-state index is -0.467. The van der Waals surface area contributed by atoms with Crippen molar-refractivity contribution in [2.75, 3.05) is 6.54 Å². The summed E-state index contributed by atoms with van der Waals surface area (Å²) < 4.78 is 1.05. The molecule has 0 fully saturated rings. The van der Waals surface area contributed by atoms with Gasteiger partial charge in [0.15, 0.2) is 0 Å². The zero-order valence-electron chi connectivity index (χ0n) is 8.37. The van der Waals surface area contributed by atoms with Gasteiger partial charge in [0.1, 0.15) is 0 Å². The molecule has 0 unspecified atom stereocenters. The molecule has 0 spiro atoms. The third-order valence-electron chi connectivity index (χ3n) is 2.31. The van der Waals surface area contributed by atoms with Crippen molar-refractivity contribution in [3.8, 4) is 0 Å². The molecule has 16 heavy (non-hydrogen) atoms. The molecule has 1 heterocycles. The van der Waals surface area contributed by atoms with Crippen LogP contribution in [0.5, 0.6) is 0 Å². The molecule has 84 valence electrons. The van der Waals surface area contributed by atoms with E-state index in [4.69, 9.17) is 17.3 Å². The van der Waals surface area contributed by atoms with Gasteiger partial charge in [0.2, 0.25) is 0 Å². The smallest absolute Gasteiger partial charge is 0.328 e. The monoisotopic (exact) mass is 239 g/mol. The highest BCUT2D eigenvalue weighted by atomic mass is 35.5. The first-order chi connectivity index (χ1) is 7.65. The summed E-state index contributed by atoms with van der Waals surface area (Å²) in [5, 5.41) is 0.640. The van der Waals surface area contributed by atoms with E-state index in [1.165, 1.54) is 0 Å². The maximum Gasteiger partial charge on any atom is 0.328 e. The van der Waals surface area contributed by atoms with Crippen molar-refractivity contribution in [3.63, 3.8) is 0 Å². The molecular weight excluding hydrogens is 230 g/mol. The Morgan fingerprint density at radius 3 is 2.81 bits per heavy atom. The predicted molar refractivity (Wildman–Crippen MR) is 62.9 cm³/mol. The van der Waals surface area contributed by atoms with Crippen LogP contribution < -0.4 is 17.0 Å². The molecule has 0 radical (unpaired) electrons. The lowest BCUT2D eigenvalue weighted by Crippen LogP contribution is -2.37. The van der Waals surface area contributed by atoms with Gasteiger partial charge in [0, 0.05) is 13.1 Å². The van der Waals surface area contributed by atoms with E-state index < -0.39 is 11.2 Å². The molecule has 1 aromatic carbocycles. The summed E-state index contributed by atoms with van der Waals surface area (Å²) in [6.07, 6.45) is 0. The van der Waals surface area contributed by atoms with E-state index >= 15 is 0 Å². The van der Waals surface area contributed by atoms with Crippen LogP contribution in [0.25, 0.3) is 10.9 Å². The zero-order valence-corrected chi connectivity index (χ0v) is 9.12. The fraction of sp³-hybridized carbons (Fsp3) is 0.200. The summed E-state index contributed by atoms with van der Waals surface area (Å²) in [5.74, 6) is 0. The third kappa shape index (κ3) is 1.64. The van der Waals surface area contributed by atoms with Crippen LogP contribution in [-0.4, -0.2) is 16.1 Å². The predicted octanol–water partition coefficient (Wildman–Crippen LogP) is 0.302. The average Bonchev–Trinajstić information content (AvgIpc) is 2.24. The van der Waals surface area contributed by atoms with Crippen LogP contribution in [0.1, 0.15) is 0 Å². The quantitative estimate of drug-likeness (QED) is 0.791. The van der Waals surface area contributed by atoms with Gasteiger partial charge in [-0.15, -0.1) is 0 Å². The number of hydrogen-bond donors (Lipinski definition) is 2. The van der Waals surface area contributed by atoms with Crippen molar-refractivity contribution < 1.29 is 0 Å². The van der Waals surface area contributed by atoms with Crippen molar-refractivity contribution in [1.82, 2.24) is 9.55 Å². The number of benzene rings is 1. The summed E-state index contributed by atoms with van der Waals surface area (Å²) >= 11 is 5.92. The fourth-order valence-corrected chi connectivity index (χ4v) is 1.84. The number of nitrogens with zero attached hydrogens (tertiary/aromatic N) is 1. The number of halogens is 1. The van der Waals surface area contributed by atoms with Gasteiger partial charge >= 0.3 is 5.69 Å². The minimum absolute atomic E-state index is 0.176. The van der Waals surface area contributed by atoms with E-state index in [2.05, 4.69) is 4.98 Å². The lowest BCUT2D eigenvalue weighted by Gasteiger charge is -2.05. The van der Waals surface area contributed by atoms with Crippen LogP contribution in [0.4, 0.5) is 0 Å². The Morgan fingerprint density at radius 2 is 2.12 bits per heavy atom. The Labute approximate surface area is 95.5 Å². The maximum atomic E-state index is 12.0. The van der Waals surface area contributed by atoms with Crippen molar-refractivity contribution in [3.05, 3.63) is 44.1 Å². The molecule has 5 nitrogen and oxygen atoms in total. The zero-order chi connectivity index (χ0) is 11.7. The first-order valence-electron chi connectivity index (χ1n) is 4.76. The molecule has 0 bridgehead atoms. The van der Waals surface area contributed by atoms with E-state index in [-0.39, 0.29) is 13.1 Å². The van der Waals surface area contributed by atoms with Gasteiger partial charge in [-0.2, -0.15) is 0 Å². The number of H-pyrrole nitrogens is 1. The fourth-order valence-electron chi connectivity index (χ4n) is 1.59. The maximum absolute atomic E-state index is 12.0. The molecule has 2 aromatic rings. The summed E-state index contributed by atoms with van der Waals surface area (Å²) in [4.78, 5) is 26.1. The van der Waals surface area contributed by atoms with E-state index in [1.54, 1.807) is 18.2 Å². The lowest BCUT2D eigenvalue weighted by atomic mass is 10.2. The van der Waals surface area contributed by atoms with Gasteiger partial charge in [-0.25, -0.2) is 4.79 Å².